The summed E-state index contributed by atoms with van der Waals surface area (Å²) >= 11 is 0. The Balaban J connectivity index is 2.05. The van der Waals surface area contributed by atoms with Crippen molar-refractivity contribution < 1.29 is 14.7 Å². The van der Waals surface area contributed by atoms with E-state index in [0.717, 1.165) is 12.1 Å². The second-order valence-electron chi connectivity index (χ2n) is 4.94. The molecule has 1 N–H and O–H groups in total. The van der Waals surface area contributed by atoms with E-state index < -0.39 is 12.0 Å². The van der Waals surface area contributed by atoms with Gasteiger partial charge in [0.2, 0.25) is 5.91 Å². The third-order valence-corrected chi connectivity index (χ3v) is 3.67. The van der Waals surface area contributed by atoms with Gasteiger partial charge in [-0.2, -0.15) is 0 Å². The van der Waals surface area contributed by atoms with Gasteiger partial charge in [-0.3, -0.25) is 14.5 Å². The highest BCUT2D eigenvalue weighted by Gasteiger charge is 2.32. The molecule has 5 heteroatoms. The molecule has 0 radical (unpaired) electrons. The van der Waals surface area contributed by atoms with Gasteiger partial charge in [0.1, 0.15) is 6.04 Å². The highest BCUT2D eigenvalue weighted by molar-refractivity contribution is 5.95. The van der Waals surface area contributed by atoms with E-state index >= 15 is 0 Å². The number of carboxylic acid groups (broad SMARTS) is 1. The molecule has 1 aromatic rings. The largest absolute Gasteiger partial charge is 0.480 e. The number of anilines is 1. The lowest BCUT2D eigenvalue weighted by Crippen LogP contribution is -2.44. The first-order chi connectivity index (χ1) is 9.63. The zero-order valence-corrected chi connectivity index (χ0v) is 11.7. The third-order valence-electron chi connectivity index (χ3n) is 3.67. The van der Waals surface area contributed by atoms with Crippen LogP contribution < -0.4 is 4.90 Å². The molecular weight excluding hydrogens is 256 g/mol. The Morgan fingerprint density at radius 1 is 1.35 bits per heavy atom. The maximum absolute atomic E-state index is 12.4. The summed E-state index contributed by atoms with van der Waals surface area (Å²) in [5, 5.41) is 9.14. The maximum atomic E-state index is 12.4. The van der Waals surface area contributed by atoms with Crippen LogP contribution in [0.5, 0.6) is 0 Å². The Hall–Kier alpha value is -1.88. The van der Waals surface area contributed by atoms with E-state index in [0.29, 0.717) is 19.5 Å². The number of hydrogen-bond acceptors (Lipinski definition) is 3. The molecule has 0 unspecified atom stereocenters. The number of carbonyl (C=O) groups excluding carboxylic acids is 1. The highest BCUT2D eigenvalue weighted by Crippen LogP contribution is 2.19. The minimum atomic E-state index is -0.835. The Morgan fingerprint density at radius 3 is 2.65 bits per heavy atom. The number of para-hydroxylation sites is 1. The maximum Gasteiger partial charge on any atom is 0.320 e. The van der Waals surface area contributed by atoms with Gasteiger partial charge in [0.25, 0.3) is 0 Å². The quantitative estimate of drug-likeness (QED) is 0.887. The highest BCUT2D eigenvalue weighted by atomic mass is 16.4. The van der Waals surface area contributed by atoms with Crippen molar-refractivity contribution in [3.05, 3.63) is 30.3 Å². The third kappa shape index (κ3) is 3.17. The molecular formula is C15H20N2O3. The molecule has 20 heavy (non-hydrogen) atoms. The molecule has 1 fully saturated rings. The van der Waals surface area contributed by atoms with Crippen LogP contribution >= 0.6 is 0 Å². The number of likely N-dealkylation sites (tertiary alicyclic amines) is 1. The number of benzene rings is 1. The minimum absolute atomic E-state index is 0.0492. The number of nitrogens with zero attached hydrogens (tertiary/aromatic N) is 2. The molecule has 0 saturated carbocycles. The predicted octanol–water partition coefficient (Wildman–Crippen LogP) is 1.59. The summed E-state index contributed by atoms with van der Waals surface area (Å²) < 4.78 is 0. The van der Waals surface area contributed by atoms with Crippen molar-refractivity contribution >= 4 is 17.6 Å². The normalized spacial score (nSPS) is 18.9. The van der Waals surface area contributed by atoms with E-state index in [1.165, 1.54) is 0 Å². The van der Waals surface area contributed by atoms with Crippen LogP contribution in [0.2, 0.25) is 0 Å². The first kappa shape index (κ1) is 14.5. The average molecular weight is 276 g/mol. The molecule has 0 spiro atoms. The van der Waals surface area contributed by atoms with Crippen molar-refractivity contribution in [2.24, 2.45) is 0 Å². The molecule has 108 valence electrons. The van der Waals surface area contributed by atoms with Crippen LogP contribution in [0, 0.1) is 0 Å². The molecule has 1 aliphatic heterocycles. The van der Waals surface area contributed by atoms with Gasteiger partial charge in [-0.05, 0) is 38.4 Å². The zero-order valence-electron chi connectivity index (χ0n) is 11.7. The summed E-state index contributed by atoms with van der Waals surface area (Å²) in [5.74, 6) is -0.884. The summed E-state index contributed by atoms with van der Waals surface area (Å²) in [6, 6.07) is 8.94. The van der Waals surface area contributed by atoms with Crippen LogP contribution in [0.3, 0.4) is 0 Å². The number of rotatable bonds is 5. The number of carboxylic acids is 1. The molecule has 0 bridgehead atoms. The molecule has 1 amide bonds. The summed E-state index contributed by atoms with van der Waals surface area (Å²) in [6.45, 7) is 3.34. The SMILES string of the molecule is CCN(C(=O)CN1CCC[C@H]1C(=O)O)c1ccccc1. The van der Waals surface area contributed by atoms with E-state index in [1.807, 2.05) is 37.3 Å². The van der Waals surface area contributed by atoms with Gasteiger partial charge in [-0.25, -0.2) is 0 Å². The number of likely N-dealkylation sites (N-methyl/N-ethyl adjacent to an activating group) is 1. The van der Waals surface area contributed by atoms with Crippen LogP contribution in [0.1, 0.15) is 19.8 Å². The molecule has 1 aromatic carbocycles. The van der Waals surface area contributed by atoms with Crippen molar-refractivity contribution in [3.8, 4) is 0 Å². The predicted molar refractivity (Wildman–Crippen MR) is 76.7 cm³/mol. The van der Waals surface area contributed by atoms with Gasteiger partial charge in [-0.15, -0.1) is 0 Å². The fraction of sp³-hybridized carbons (Fsp3) is 0.467. The second-order valence-corrected chi connectivity index (χ2v) is 4.94. The fourth-order valence-corrected chi connectivity index (χ4v) is 2.66. The van der Waals surface area contributed by atoms with Crippen molar-refractivity contribution in [2.75, 3.05) is 24.5 Å². The fourth-order valence-electron chi connectivity index (χ4n) is 2.66. The first-order valence-electron chi connectivity index (χ1n) is 6.95. The molecule has 0 aliphatic carbocycles. The number of carbonyl (C=O) groups is 2. The Kier molecular flexibility index (Phi) is 4.74. The van der Waals surface area contributed by atoms with E-state index in [-0.39, 0.29) is 12.5 Å². The molecule has 1 heterocycles. The van der Waals surface area contributed by atoms with E-state index in [1.54, 1.807) is 9.80 Å². The van der Waals surface area contributed by atoms with Gasteiger partial charge in [0, 0.05) is 12.2 Å². The molecule has 0 aromatic heterocycles. The van der Waals surface area contributed by atoms with Crippen molar-refractivity contribution in [1.82, 2.24) is 4.90 Å². The van der Waals surface area contributed by atoms with E-state index in [4.69, 9.17) is 5.11 Å². The summed E-state index contributed by atoms with van der Waals surface area (Å²) in [7, 11) is 0. The lowest BCUT2D eigenvalue weighted by molar-refractivity contribution is -0.142. The van der Waals surface area contributed by atoms with Crippen LogP contribution in [0.4, 0.5) is 5.69 Å². The van der Waals surface area contributed by atoms with Crippen LogP contribution in [0.25, 0.3) is 0 Å². The summed E-state index contributed by atoms with van der Waals surface area (Å²) in [6.07, 6.45) is 1.46. The Morgan fingerprint density at radius 2 is 2.05 bits per heavy atom. The molecule has 5 nitrogen and oxygen atoms in total. The molecule has 2 rings (SSSR count). The smallest absolute Gasteiger partial charge is 0.320 e. The van der Waals surface area contributed by atoms with Crippen molar-refractivity contribution in [2.45, 2.75) is 25.8 Å². The number of aliphatic carboxylic acids is 1. The second kappa shape index (κ2) is 6.52. The van der Waals surface area contributed by atoms with Crippen LogP contribution in [0.15, 0.2) is 30.3 Å². The lowest BCUT2D eigenvalue weighted by Gasteiger charge is -2.26. The molecule has 1 atom stereocenters. The zero-order chi connectivity index (χ0) is 14.5. The summed E-state index contributed by atoms with van der Waals surface area (Å²) in [4.78, 5) is 27.0. The van der Waals surface area contributed by atoms with Gasteiger partial charge in [-0.1, -0.05) is 18.2 Å². The minimum Gasteiger partial charge on any atom is -0.480 e. The standard InChI is InChI=1S/C15H20N2O3/c1-2-17(12-7-4-3-5-8-12)14(18)11-16-10-6-9-13(16)15(19)20/h3-5,7-8,13H,2,6,9-11H2,1H3,(H,19,20)/t13-/m0/s1. The van der Waals surface area contributed by atoms with Crippen molar-refractivity contribution in [3.63, 3.8) is 0 Å². The van der Waals surface area contributed by atoms with Crippen LogP contribution in [-0.4, -0.2) is 47.6 Å². The van der Waals surface area contributed by atoms with Crippen LogP contribution in [-0.2, 0) is 9.59 Å². The van der Waals surface area contributed by atoms with Gasteiger partial charge in [0.05, 0.1) is 6.54 Å². The number of amides is 1. The molecule has 1 saturated heterocycles. The van der Waals surface area contributed by atoms with E-state index in [2.05, 4.69) is 0 Å². The average Bonchev–Trinajstić information content (AvgIpc) is 2.89. The van der Waals surface area contributed by atoms with Gasteiger partial charge in [0.15, 0.2) is 0 Å². The topological polar surface area (TPSA) is 60.9 Å². The summed E-state index contributed by atoms with van der Waals surface area (Å²) in [5.41, 5.74) is 0.853. The Bertz CT molecular complexity index is 475. The number of hydrogen-bond donors (Lipinski definition) is 1. The monoisotopic (exact) mass is 276 g/mol. The van der Waals surface area contributed by atoms with Gasteiger partial charge < -0.3 is 10.0 Å². The first-order valence-corrected chi connectivity index (χ1v) is 6.95. The van der Waals surface area contributed by atoms with Gasteiger partial charge >= 0.3 is 5.97 Å². The van der Waals surface area contributed by atoms with Crippen molar-refractivity contribution in [1.29, 1.82) is 0 Å². The Labute approximate surface area is 118 Å². The lowest BCUT2D eigenvalue weighted by atomic mass is 10.2. The van der Waals surface area contributed by atoms with E-state index in [9.17, 15) is 9.59 Å². The molecule has 1 aliphatic rings.